The van der Waals surface area contributed by atoms with Gasteiger partial charge in [-0.15, -0.1) is 0 Å². The average Bonchev–Trinajstić information content (AvgIpc) is 3.70. The topological polar surface area (TPSA) is 141 Å². The van der Waals surface area contributed by atoms with E-state index in [1.165, 1.54) is 0 Å². The van der Waals surface area contributed by atoms with Crippen molar-refractivity contribution in [3.05, 3.63) is 29.5 Å². The van der Waals surface area contributed by atoms with E-state index in [2.05, 4.69) is 15.6 Å². The zero-order chi connectivity index (χ0) is 25.7. The Bertz CT molecular complexity index is 1270. The number of aliphatic hydroxyl groups excluding tert-OH is 1. The highest BCUT2D eigenvalue weighted by atomic mass is 16.5. The van der Waals surface area contributed by atoms with Gasteiger partial charge in [-0.25, -0.2) is 0 Å². The molecule has 1 aromatic heterocycles. The van der Waals surface area contributed by atoms with E-state index in [0.717, 1.165) is 47.9 Å². The van der Waals surface area contributed by atoms with Gasteiger partial charge in [0.15, 0.2) is 5.78 Å². The van der Waals surface area contributed by atoms with Crippen molar-refractivity contribution in [2.24, 2.45) is 17.8 Å². The van der Waals surface area contributed by atoms with Crippen LogP contribution in [0, 0.1) is 17.8 Å². The van der Waals surface area contributed by atoms with Crippen LogP contribution in [0.25, 0.3) is 10.9 Å². The normalized spacial score (nSPS) is 27.1. The highest BCUT2D eigenvalue weighted by Crippen LogP contribution is 2.43. The largest absolute Gasteiger partial charge is 0.492 e. The third kappa shape index (κ3) is 4.17. The molecule has 10 nitrogen and oxygen atoms in total. The molecule has 4 heterocycles. The molecule has 196 valence electrons. The number of ether oxygens (including phenoxy) is 1. The summed E-state index contributed by atoms with van der Waals surface area (Å²) in [6, 6.07) is 4.08. The molecule has 0 spiro atoms. The summed E-state index contributed by atoms with van der Waals surface area (Å²) in [4.78, 5) is 56.9. The van der Waals surface area contributed by atoms with Gasteiger partial charge in [0.2, 0.25) is 11.8 Å². The number of likely N-dealkylation sites (tertiary alicyclic amines) is 1. The van der Waals surface area contributed by atoms with Gasteiger partial charge in [-0.2, -0.15) is 0 Å². The number of amides is 3. The number of hydrogen-bond donors (Lipinski definition) is 4. The number of H-pyrrole nitrogens is 1. The van der Waals surface area contributed by atoms with Crippen molar-refractivity contribution in [1.29, 1.82) is 0 Å². The lowest BCUT2D eigenvalue weighted by molar-refractivity contribution is -0.133. The summed E-state index contributed by atoms with van der Waals surface area (Å²) < 4.78 is 5.80. The smallest absolute Gasteiger partial charge is 0.271 e. The third-order valence-electron chi connectivity index (χ3n) is 8.65. The fourth-order valence-electron chi connectivity index (χ4n) is 6.77. The lowest BCUT2D eigenvalue weighted by Gasteiger charge is -2.29. The first-order valence-electron chi connectivity index (χ1n) is 13.2. The van der Waals surface area contributed by atoms with Crippen molar-refractivity contribution in [3.63, 3.8) is 0 Å². The minimum absolute atomic E-state index is 0.0144. The summed E-state index contributed by atoms with van der Waals surface area (Å²) >= 11 is 0. The number of ketones is 1. The first-order valence-corrected chi connectivity index (χ1v) is 13.2. The summed E-state index contributed by atoms with van der Waals surface area (Å²) in [5.41, 5.74) is 2.34. The second kappa shape index (κ2) is 9.48. The fourth-order valence-corrected chi connectivity index (χ4v) is 6.77. The van der Waals surface area contributed by atoms with Gasteiger partial charge in [0.1, 0.15) is 24.1 Å². The molecule has 3 amide bonds. The van der Waals surface area contributed by atoms with Crippen molar-refractivity contribution in [2.75, 3.05) is 26.3 Å². The van der Waals surface area contributed by atoms with Gasteiger partial charge in [0.05, 0.1) is 12.6 Å². The maximum absolute atomic E-state index is 13.8. The van der Waals surface area contributed by atoms with Crippen LogP contribution in [0.3, 0.4) is 0 Å². The average molecular weight is 509 g/mol. The van der Waals surface area contributed by atoms with Crippen LogP contribution >= 0.6 is 0 Å². The number of benzene rings is 1. The lowest BCUT2D eigenvalue weighted by Crippen LogP contribution is -2.53. The maximum atomic E-state index is 13.8. The van der Waals surface area contributed by atoms with Gasteiger partial charge in [-0.1, -0.05) is 12.5 Å². The van der Waals surface area contributed by atoms with Gasteiger partial charge in [0, 0.05) is 36.3 Å². The Morgan fingerprint density at radius 3 is 2.86 bits per heavy atom. The number of rotatable bonds is 7. The van der Waals surface area contributed by atoms with Crippen LogP contribution in [-0.2, 0) is 20.8 Å². The second-order valence-corrected chi connectivity index (χ2v) is 10.8. The zero-order valence-corrected chi connectivity index (χ0v) is 20.6. The molecule has 37 heavy (non-hydrogen) atoms. The lowest BCUT2D eigenvalue weighted by atomic mass is 9.92. The molecule has 5 atom stereocenters. The number of aromatic amines is 1. The number of nitrogens with zero attached hydrogens (tertiary/aromatic N) is 1. The number of aliphatic hydroxyl groups is 1. The first-order chi connectivity index (χ1) is 17.9. The molecule has 0 radical (unpaired) electrons. The summed E-state index contributed by atoms with van der Waals surface area (Å²) in [5.74, 6) is -0.668. The van der Waals surface area contributed by atoms with Crippen molar-refractivity contribution < 1.29 is 29.0 Å². The van der Waals surface area contributed by atoms with E-state index in [4.69, 9.17) is 4.74 Å². The molecule has 0 bridgehead atoms. The molecule has 6 rings (SSSR count). The standard InChI is InChI=1S/C27H32N4O6/c32-13-22(33)20(10-15-6-8-28-25(15)34)30-26(35)23-17-3-1-2-16(17)12-31(23)27(36)21-11-18-19(29-21)5-4-14-7-9-37-24(14)18/h4-5,11,15-17,20,23,29,32H,1-3,6-10,12-13H2,(H,28,34)(H,30,35)/t15-,16?,17?,20-,23?/m0/s1. The SMILES string of the molecule is O=C(N[C@@H](C[C@@H]1CCNC1=O)C(=O)CO)C1C2CCCC2CN1C(=O)c1cc2c3c(ccc2[nH]1)CCO3. The van der Waals surface area contributed by atoms with E-state index < -0.39 is 36.3 Å². The molecule has 3 aliphatic heterocycles. The van der Waals surface area contributed by atoms with Gasteiger partial charge in [-0.3, -0.25) is 19.2 Å². The van der Waals surface area contributed by atoms with Crippen LogP contribution in [0.2, 0.25) is 0 Å². The Labute approximate surface area is 214 Å². The van der Waals surface area contributed by atoms with Gasteiger partial charge in [-0.05, 0) is 55.2 Å². The van der Waals surface area contributed by atoms with E-state index in [9.17, 15) is 24.3 Å². The molecule has 3 fully saturated rings. The van der Waals surface area contributed by atoms with Crippen molar-refractivity contribution >= 4 is 34.4 Å². The zero-order valence-electron chi connectivity index (χ0n) is 20.6. The fraction of sp³-hybridized carbons (Fsp3) is 0.556. The minimum atomic E-state index is -0.975. The summed E-state index contributed by atoms with van der Waals surface area (Å²) in [5, 5.41) is 15.9. The van der Waals surface area contributed by atoms with Crippen LogP contribution in [0.15, 0.2) is 18.2 Å². The number of carbonyl (C=O) groups is 4. The Morgan fingerprint density at radius 2 is 2.08 bits per heavy atom. The van der Waals surface area contributed by atoms with Crippen LogP contribution in [0.4, 0.5) is 0 Å². The Hall–Kier alpha value is -3.40. The first kappa shape index (κ1) is 24.0. The van der Waals surface area contributed by atoms with Crippen LogP contribution in [0.1, 0.15) is 48.2 Å². The monoisotopic (exact) mass is 508 g/mol. The molecule has 10 heteroatoms. The highest BCUT2D eigenvalue weighted by Gasteiger charge is 2.50. The molecule has 2 saturated heterocycles. The van der Waals surface area contributed by atoms with E-state index in [-0.39, 0.29) is 30.1 Å². The van der Waals surface area contributed by atoms with E-state index >= 15 is 0 Å². The summed E-state index contributed by atoms with van der Waals surface area (Å²) in [6.45, 7) is 0.914. The third-order valence-corrected chi connectivity index (χ3v) is 8.65. The predicted molar refractivity (Wildman–Crippen MR) is 133 cm³/mol. The molecule has 1 aliphatic carbocycles. The molecule has 4 aliphatic rings. The number of aromatic nitrogens is 1. The molecular weight excluding hydrogens is 476 g/mol. The molecule has 3 unspecified atom stereocenters. The molecule has 4 N–H and O–H groups in total. The quantitative estimate of drug-likeness (QED) is 0.438. The Kier molecular flexibility index (Phi) is 6.14. The van der Waals surface area contributed by atoms with Crippen molar-refractivity contribution in [2.45, 2.75) is 50.6 Å². The molecular formula is C27H32N4O6. The number of fused-ring (bicyclic) bond motifs is 4. The molecule has 1 aromatic carbocycles. The number of carbonyl (C=O) groups excluding carboxylic acids is 4. The Morgan fingerprint density at radius 1 is 1.22 bits per heavy atom. The Balaban J connectivity index is 1.26. The summed E-state index contributed by atoms with van der Waals surface area (Å²) in [6.07, 6.45) is 4.35. The van der Waals surface area contributed by atoms with Crippen LogP contribution in [-0.4, -0.2) is 76.9 Å². The summed E-state index contributed by atoms with van der Waals surface area (Å²) in [7, 11) is 0. The van der Waals surface area contributed by atoms with Crippen LogP contribution in [0.5, 0.6) is 5.75 Å². The van der Waals surface area contributed by atoms with E-state index in [1.807, 2.05) is 18.2 Å². The molecule has 1 saturated carbocycles. The van der Waals surface area contributed by atoms with Gasteiger partial charge >= 0.3 is 0 Å². The van der Waals surface area contributed by atoms with Crippen molar-refractivity contribution in [1.82, 2.24) is 20.5 Å². The van der Waals surface area contributed by atoms with Gasteiger partial charge in [0.25, 0.3) is 5.91 Å². The second-order valence-electron chi connectivity index (χ2n) is 10.8. The number of nitrogens with one attached hydrogen (secondary N) is 3. The van der Waals surface area contributed by atoms with E-state index in [0.29, 0.717) is 31.8 Å². The maximum Gasteiger partial charge on any atom is 0.271 e. The minimum Gasteiger partial charge on any atom is -0.492 e. The number of Topliss-reactive ketones (excluding diaryl/α,β-unsaturated/α-hetero) is 1. The van der Waals surface area contributed by atoms with Gasteiger partial charge < -0.3 is 30.4 Å². The predicted octanol–water partition coefficient (Wildman–Crippen LogP) is 0.916. The van der Waals surface area contributed by atoms with Crippen molar-refractivity contribution in [3.8, 4) is 5.75 Å². The molecule has 2 aromatic rings. The number of hydrogen-bond acceptors (Lipinski definition) is 6. The van der Waals surface area contributed by atoms with E-state index in [1.54, 1.807) is 4.90 Å². The highest BCUT2D eigenvalue weighted by molar-refractivity contribution is 6.02. The van der Waals surface area contributed by atoms with Crippen LogP contribution < -0.4 is 15.4 Å².